The maximum absolute atomic E-state index is 14.6. The predicted octanol–water partition coefficient (Wildman–Crippen LogP) is 6.58. The molecule has 2 nitrogen and oxygen atoms in total. The van der Waals surface area contributed by atoms with Gasteiger partial charge in [-0.05, 0) is 68.4 Å². The van der Waals surface area contributed by atoms with E-state index in [4.69, 9.17) is 0 Å². The first kappa shape index (κ1) is 20.3. The molecule has 0 unspecified atom stereocenters. The average Bonchev–Trinajstić information content (AvgIpc) is 2.66. The number of alkyl halides is 2. The smallest absolute Gasteiger partial charge is 0.400 e. The van der Waals surface area contributed by atoms with Crippen molar-refractivity contribution in [2.75, 3.05) is 7.11 Å². The number of methoxy groups -OCH3 is 1. The molecule has 0 spiro atoms. The van der Waals surface area contributed by atoms with Crippen LogP contribution in [-0.2, 0) is 0 Å². The van der Waals surface area contributed by atoms with E-state index in [9.17, 15) is 17.6 Å². The maximum Gasteiger partial charge on any atom is 0.400 e. The van der Waals surface area contributed by atoms with Crippen LogP contribution in [0.25, 0.3) is 0 Å². The van der Waals surface area contributed by atoms with Crippen LogP contribution in [0.1, 0.15) is 58.3 Å². The van der Waals surface area contributed by atoms with Crippen molar-refractivity contribution in [3.63, 3.8) is 0 Å². The van der Waals surface area contributed by atoms with E-state index in [1.807, 2.05) is 0 Å². The highest BCUT2D eigenvalue weighted by molar-refractivity contribution is 5.35. The van der Waals surface area contributed by atoms with Crippen molar-refractivity contribution in [1.82, 2.24) is 0 Å². The number of hydrogen-bond acceptors (Lipinski definition) is 2. The monoisotopic (exact) mass is 388 g/mol. The molecular weight excluding hydrogens is 360 g/mol. The fraction of sp³-hybridized carbons (Fsp3) is 0.714. The van der Waals surface area contributed by atoms with Gasteiger partial charge >= 0.3 is 6.11 Å². The molecule has 27 heavy (non-hydrogen) atoms. The topological polar surface area (TPSA) is 18.5 Å². The minimum atomic E-state index is -3.52. The molecule has 0 saturated heterocycles. The molecule has 2 aliphatic carbocycles. The molecule has 2 saturated carbocycles. The lowest BCUT2D eigenvalue weighted by molar-refractivity contribution is -0.225. The molecule has 152 valence electrons. The van der Waals surface area contributed by atoms with Crippen molar-refractivity contribution in [3.05, 3.63) is 23.8 Å². The Bertz CT molecular complexity index is 633. The van der Waals surface area contributed by atoms with Gasteiger partial charge in [-0.25, -0.2) is 0 Å². The Morgan fingerprint density at radius 2 is 1.30 bits per heavy atom. The second kappa shape index (κ2) is 8.27. The molecule has 0 radical (unpaired) electrons. The van der Waals surface area contributed by atoms with Crippen LogP contribution in [0.15, 0.2) is 12.1 Å². The van der Waals surface area contributed by atoms with Crippen LogP contribution in [-0.4, -0.2) is 13.2 Å². The van der Waals surface area contributed by atoms with Crippen LogP contribution in [0, 0.1) is 35.3 Å². The van der Waals surface area contributed by atoms with Gasteiger partial charge in [0.2, 0.25) is 11.6 Å². The standard InChI is InChI=1S/C21H28F4O2/c1-13-3-5-14(6-4-13)15-7-9-16(10-8-15)21(24,25)27-18-12-11-17(26-2)19(22)20(18)23/h11-16H,3-10H2,1-2H3. The highest BCUT2D eigenvalue weighted by Gasteiger charge is 2.45. The number of rotatable bonds is 5. The minimum absolute atomic E-state index is 0.342. The first-order valence-corrected chi connectivity index (χ1v) is 9.90. The predicted molar refractivity (Wildman–Crippen MR) is 95.1 cm³/mol. The Balaban J connectivity index is 1.59. The van der Waals surface area contributed by atoms with Gasteiger partial charge in [0, 0.05) is 0 Å². The summed E-state index contributed by atoms with van der Waals surface area (Å²) in [5.41, 5.74) is 0. The normalized spacial score (nSPS) is 29.4. The Morgan fingerprint density at radius 3 is 1.85 bits per heavy atom. The first-order valence-electron chi connectivity index (χ1n) is 9.90. The van der Waals surface area contributed by atoms with E-state index in [0.717, 1.165) is 30.9 Å². The van der Waals surface area contributed by atoms with Gasteiger partial charge in [-0.2, -0.15) is 17.6 Å². The Kier molecular flexibility index (Phi) is 6.21. The zero-order valence-corrected chi connectivity index (χ0v) is 15.9. The molecule has 2 fully saturated rings. The fourth-order valence-corrected chi connectivity index (χ4v) is 4.66. The summed E-state index contributed by atoms with van der Waals surface area (Å²) in [5, 5.41) is 0. The summed E-state index contributed by atoms with van der Waals surface area (Å²) in [7, 11) is 1.18. The summed E-state index contributed by atoms with van der Waals surface area (Å²) >= 11 is 0. The summed E-state index contributed by atoms with van der Waals surface area (Å²) in [5.74, 6) is -2.94. The van der Waals surface area contributed by atoms with E-state index >= 15 is 0 Å². The summed E-state index contributed by atoms with van der Waals surface area (Å²) in [4.78, 5) is 0. The Hall–Kier alpha value is -1.46. The van der Waals surface area contributed by atoms with Crippen LogP contribution in [0.2, 0.25) is 0 Å². The lowest BCUT2D eigenvalue weighted by Gasteiger charge is -2.38. The van der Waals surface area contributed by atoms with Gasteiger partial charge in [0.25, 0.3) is 0 Å². The first-order chi connectivity index (χ1) is 12.8. The lowest BCUT2D eigenvalue weighted by atomic mass is 9.69. The van der Waals surface area contributed by atoms with Gasteiger partial charge in [0.15, 0.2) is 11.5 Å². The van der Waals surface area contributed by atoms with Gasteiger partial charge in [0.05, 0.1) is 13.0 Å². The van der Waals surface area contributed by atoms with Crippen molar-refractivity contribution in [2.45, 2.75) is 64.4 Å². The van der Waals surface area contributed by atoms with Crippen molar-refractivity contribution in [2.24, 2.45) is 23.7 Å². The maximum atomic E-state index is 14.6. The Labute approximate surface area is 158 Å². The van der Waals surface area contributed by atoms with E-state index in [1.54, 1.807) is 0 Å². The quantitative estimate of drug-likeness (QED) is 0.531. The van der Waals surface area contributed by atoms with Crippen molar-refractivity contribution in [1.29, 1.82) is 0 Å². The zero-order valence-electron chi connectivity index (χ0n) is 15.9. The fourth-order valence-electron chi connectivity index (χ4n) is 4.66. The molecule has 1 aromatic rings. The zero-order chi connectivity index (χ0) is 19.6. The van der Waals surface area contributed by atoms with Gasteiger partial charge in [-0.3, -0.25) is 0 Å². The van der Waals surface area contributed by atoms with Crippen molar-refractivity contribution in [3.8, 4) is 11.5 Å². The van der Waals surface area contributed by atoms with Gasteiger partial charge in [-0.15, -0.1) is 0 Å². The van der Waals surface area contributed by atoms with Crippen LogP contribution >= 0.6 is 0 Å². The van der Waals surface area contributed by atoms with E-state index < -0.39 is 29.4 Å². The number of hydrogen-bond donors (Lipinski definition) is 0. The third-order valence-corrected chi connectivity index (χ3v) is 6.45. The molecule has 6 heteroatoms. The highest BCUT2D eigenvalue weighted by Crippen LogP contribution is 2.45. The van der Waals surface area contributed by atoms with Gasteiger partial charge in [0.1, 0.15) is 0 Å². The number of benzene rings is 1. The minimum Gasteiger partial charge on any atom is -0.494 e. The molecule has 0 atom stereocenters. The third kappa shape index (κ3) is 4.52. The van der Waals surface area contributed by atoms with Crippen LogP contribution in [0.4, 0.5) is 17.6 Å². The van der Waals surface area contributed by atoms with Gasteiger partial charge in [-0.1, -0.05) is 19.8 Å². The second-order valence-electron chi connectivity index (χ2n) is 8.19. The van der Waals surface area contributed by atoms with E-state index in [0.29, 0.717) is 24.7 Å². The summed E-state index contributed by atoms with van der Waals surface area (Å²) in [6.45, 7) is 2.27. The highest BCUT2D eigenvalue weighted by atomic mass is 19.3. The average molecular weight is 388 g/mol. The van der Waals surface area contributed by atoms with Crippen LogP contribution in [0.5, 0.6) is 11.5 Å². The van der Waals surface area contributed by atoms with E-state index in [-0.39, 0.29) is 5.75 Å². The molecule has 2 aliphatic rings. The van der Waals surface area contributed by atoms with Crippen molar-refractivity contribution < 1.29 is 27.0 Å². The SMILES string of the molecule is COc1ccc(OC(F)(F)C2CCC(C3CCC(C)CC3)CC2)c(F)c1F. The molecule has 0 N–H and O–H groups in total. The summed E-state index contributed by atoms with van der Waals surface area (Å²) < 4.78 is 66.1. The summed E-state index contributed by atoms with van der Waals surface area (Å²) in [6.07, 6.45) is 3.53. The van der Waals surface area contributed by atoms with E-state index in [1.165, 1.54) is 32.8 Å². The largest absolute Gasteiger partial charge is 0.494 e. The summed E-state index contributed by atoms with van der Waals surface area (Å²) in [6, 6.07) is 2.07. The molecule has 0 bridgehead atoms. The van der Waals surface area contributed by atoms with Gasteiger partial charge < -0.3 is 9.47 Å². The molecule has 0 aromatic heterocycles. The third-order valence-electron chi connectivity index (χ3n) is 6.45. The lowest BCUT2D eigenvalue weighted by Crippen LogP contribution is -2.38. The second-order valence-corrected chi connectivity index (χ2v) is 8.19. The molecule has 0 amide bonds. The molecule has 3 rings (SSSR count). The molecular formula is C21H28F4O2. The molecule has 1 aromatic carbocycles. The van der Waals surface area contributed by atoms with Crippen LogP contribution in [0.3, 0.4) is 0 Å². The number of halogens is 4. The Morgan fingerprint density at radius 1 is 0.815 bits per heavy atom. The van der Waals surface area contributed by atoms with Crippen LogP contribution < -0.4 is 9.47 Å². The van der Waals surface area contributed by atoms with Crippen molar-refractivity contribution >= 4 is 0 Å². The van der Waals surface area contributed by atoms with E-state index in [2.05, 4.69) is 16.4 Å². The molecule has 0 heterocycles. The number of ether oxygens (including phenoxy) is 2. The molecule has 0 aliphatic heterocycles.